The van der Waals surface area contributed by atoms with Gasteiger partial charge in [-0.25, -0.2) is 0 Å². The number of rotatable bonds is 4. The summed E-state index contributed by atoms with van der Waals surface area (Å²) in [4.78, 5) is 12.2. The third-order valence-electron chi connectivity index (χ3n) is 3.08. The lowest BCUT2D eigenvalue weighted by Crippen LogP contribution is -2.12. The number of carbonyl (C=O) groups is 1. The van der Waals surface area contributed by atoms with Crippen LogP contribution in [0.3, 0.4) is 0 Å². The van der Waals surface area contributed by atoms with Crippen molar-refractivity contribution >= 4 is 49.0 Å². The van der Waals surface area contributed by atoms with Gasteiger partial charge < -0.3 is 4.74 Å². The van der Waals surface area contributed by atoms with Crippen molar-refractivity contribution in [2.45, 2.75) is 20.8 Å². The van der Waals surface area contributed by atoms with E-state index in [-0.39, 0.29) is 12.4 Å². The van der Waals surface area contributed by atoms with Crippen LogP contribution in [0.4, 0.5) is 0 Å². The van der Waals surface area contributed by atoms with Crippen LogP contribution in [0.2, 0.25) is 0 Å². The molecule has 2 aromatic rings. The van der Waals surface area contributed by atoms with E-state index in [0.717, 1.165) is 24.4 Å². The van der Waals surface area contributed by atoms with Gasteiger partial charge >= 0.3 is 0 Å². The highest BCUT2D eigenvalue weighted by atomic mass is 79.9. The average Bonchev–Trinajstić information content (AvgIpc) is 2.71. The molecule has 0 aliphatic carbocycles. The molecule has 1 aromatic carbocycles. The highest BCUT2D eigenvalue weighted by molar-refractivity contribution is 9.12. The van der Waals surface area contributed by atoms with Crippen molar-refractivity contribution in [2.24, 2.45) is 0 Å². The van der Waals surface area contributed by atoms with Gasteiger partial charge in [-0.1, -0.05) is 6.07 Å². The molecule has 0 radical (unpaired) electrons. The number of ketones is 1. The zero-order chi connectivity index (χ0) is 14.9. The van der Waals surface area contributed by atoms with Crippen molar-refractivity contribution in [1.29, 1.82) is 0 Å². The van der Waals surface area contributed by atoms with Crippen LogP contribution in [0.15, 0.2) is 25.8 Å². The summed E-state index contributed by atoms with van der Waals surface area (Å²) in [5.74, 6) is 0.749. The van der Waals surface area contributed by atoms with Gasteiger partial charge in [0.15, 0.2) is 6.61 Å². The fraction of sp³-hybridized carbons (Fsp3) is 0.267. The second-order valence-electron chi connectivity index (χ2n) is 4.65. The summed E-state index contributed by atoms with van der Waals surface area (Å²) in [6.45, 7) is 6.12. The molecule has 1 aromatic heterocycles. The van der Waals surface area contributed by atoms with Crippen LogP contribution in [0.1, 0.15) is 27.0 Å². The van der Waals surface area contributed by atoms with E-state index in [9.17, 15) is 4.79 Å². The molecule has 0 unspecified atom stereocenters. The molecule has 0 atom stereocenters. The quantitative estimate of drug-likeness (QED) is 0.617. The van der Waals surface area contributed by atoms with Crippen molar-refractivity contribution in [1.82, 2.24) is 0 Å². The molecule has 0 amide bonds. The minimum Gasteiger partial charge on any atom is -0.485 e. The molecule has 0 saturated carbocycles. The van der Waals surface area contributed by atoms with Crippen molar-refractivity contribution in [2.75, 3.05) is 6.61 Å². The summed E-state index contributed by atoms with van der Waals surface area (Å²) in [6, 6.07) is 5.89. The number of hydrogen-bond donors (Lipinski definition) is 0. The summed E-state index contributed by atoms with van der Waals surface area (Å²) in [5.41, 5.74) is 4.04. The van der Waals surface area contributed by atoms with Crippen LogP contribution in [-0.2, 0) is 0 Å². The first-order valence-electron chi connectivity index (χ1n) is 6.07. The Morgan fingerprint density at radius 1 is 1.20 bits per heavy atom. The Hall–Kier alpha value is -0.650. The molecule has 0 N–H and O–H groups in total. The highest BCUT2D eigenvalue weighted by Gasteiger charge is 2.15. The van der Waals surface area contributed by atoms with Gasteiger partial charge in [0.25, 0.3) is 0 Å². The number of thiophene rings is 1. The molecule has 2 rings (SSSR count). The van der Waals surface area contributed by atoms with Gasteiger partial charge in [0.05, 0.1) is 7.57 Å². The summed E-state index contributed by atoms with van der Waals surface area (Å²) in [7, 11) is 0. The summed E-state index contributed by atoms with van der Waals surface area (Å²) in [5, 5.41) is 0. The monoisotopic (exact) mass is 416 g/mol. The summed E-state index contributed by atoms with van der Waals surface area (Å²) >= 11 is 8.25. The van der Waals surface area contributed by atoms with E-state index in [4.69, 9.17) is 4.74 Å². The van der Waals surface area contributed by atoms with Gasteiger partial charge in [-0.3, -0.25) is 4.79 Å². The molecule has 20 heavy (non-hydrogen) atoms. The van der Waals surface area contributed by atoms with Crippen LogP contribution < -0.4 is 4.74 Å². The Morgan fingerprint density at radius 2 is 1.90 bits per heavy atom. The van der Waals surface area contributed by atoms with Crippen molar-refractivity contribution < 1.29 is 9.53 Å². The molecule has 0 saturated heterocycles. The molecule has 0 aliphatic heterocycles. The van der Waals surface area contributed by atoms with Gasteiger partial charge in [0, 0.05) is 5.56 Å². The lowest BCUT2D eigenvalue weighted by Gasteiger charge is -2.11. The first-order valence-corrected chi connectivity index (χ1v) is 8.47. The molecule has 2 nitrogen and oxygen atoms in total. The molecule has 0 aliphatic rings. The fourth-order valence-corrected chi connectivity index (χ4v) is 4.76. The second kappa shape index (κ2) is 6.41. The predicted octanol–water partition coefficient (Wildman–Crippen LogP) is 5.46. The lowest BCUT2D eigenvalue weighted by atomic mass is 10.1. The van der Waals surface area contributed by atoms with Crippen molar-refractivity contribution in [3.63, 3.8) is 0 Å². The number of benzene rings is 1. The Labute approximate surface area is 139 Å². The third kappa shape index (κ3) is 3.51. The lowest BCUT2D eigenvalue weighted by molar-refractivity contribution is 0.0920. The van der Waals surface area contributed by atoms with E-state index in [2.05, 4.69) is 37.9 Å². The van der Waals surface area contributed by atoms with Crippen LogP contribution in [0.25, 0.3) is 0 Å². The first-order chi connectivity index (χ1) is 9.38. The summed E-state index contributed by atoms with van der Waals surface area (Å²) < 4.78 is 7.45. The molecule has 0 bridgehead atoms. The van der Waals surface area contributed by atoms with E-state index >= 15 is 0 Å². The van der Waals surface area contributed by atoms with Gasteiger partial charge in [-0.2, -0.15) is 0 Å². The van der Waals surface area contributed by atoms with Crippen LogP contribution in [0, 0.1) is 20.8 Å². The Kier molecular flexibility index (Phi) is 5.04. The van der Waals surface area contributed by atoms with E-state index in [1.165, 1.54) is 16.9 Å². The maximum atomic E-state index is 12.2. The topological polar surface area (TPSA) is 26.3 Å². The molecular formula is C15H14Br2O2S. The molecule has 0 fully saturated rings. The number of aryl methyl sites for hydroxylation is 2. The Bertz CT molecular complexity index is 662. The number of Topliss-reactive ketones (excluding diaryl/α,β-unsaturated/α-hetero) is 1. The minimum absolute atomic E-state index is 0.0302. The smallest absolute Gasteiger partial charge is 0.202 e. The Balaban J connectivity index is 2.13. The van der Waals surface area contributed by atoms with Gasteiger partial charge in [-0.15, -0.1) is 11.3 Å². The SMILES string of the molecule is Cc1cc(C)c(C)c(OCC(=O)c2cc(Br)sc2Br)c1. The molecule has 5 heteroatoms. The number of carbonyl (C=O) groups excluding carboxylic acids is 1. The number of hydrogen-bond acceptors (Lipinski definition) is 3. The van der Waals surface area contributed by atoms with Crippen LogP contribution in [-0.4, -0.2) is 12.4 Å². The zero-order valence-electron chi connectivity index (χ0n) is 11.4. The van der Waals surface area contributed by atoms with E-state index in [1.54, 1.807) is 0 Å². The zero-order valence-corrected chi connectivity index (χ0v) is 15.4. The average molecular weight is 418 g/mol. The van der Waals surface area contributed by atoms with Gasteiger partial charge in [0.2, 0.25) is 5.78 Å². The molecule has 106 valence electrons. The molecule has 1 heterocycles. The maximum absolute atomic E-state index is 12.2. The summed E-state index contributed by atoms with van der Waals surface area (Å²) in [6.07, 6.45) is 0. The predicted molar refractivity (Wildman–Crippen MR) is 90.2 cm³/mol. The van der Waals surface area contributed by atoms with E-state index in [1.807, 2.05) is 32.9 Å². The fourth-order valence-electron chi connectivity index (χ4n) is 1.90. The van der Waals surface area contributed by atoms with E-state index < -0.39 is 0 Å². The third-order valence-corrected chi connectivity index (χ3v) is 5.42. The number of halogens is 2. The van der Waals surface area contributed by atoms with E-state index in [0.29, 0.717) is 5.56 Å². The Morgan fingerprint density at radius 3 is 2.50 bits per heavy atom. The first kappa shape index (κ1) is 15.7. The minimum atomic E-state index is -0.0302. The van der Waals surface area contributed by atoms with Crippen LogP contribution in [0.5, 0.6) is 5.75 Å². The van der Waals surface area contributed by atoms with Gasteiger partial charge in [0.1, 0.15) is 5.75 Å². The van der Waals surface area contributed by atoms with Crippen molar-refractivity contribution in [3.05, 3.63) is 48.0 Å². The molecular weight excluding hydrogens is 404 g/mol. The molecule has 0 spiro atoms. The highest BCUT2D eigenvalue weighted by Crippen LogP contribution is 2.32. The standard InChI is InChI=1S/C15H14Br2O2S/c1-8-4-9(2)10(3)13(5-8)19-7-12(18)11-6-14(16)20-15(11)17/h4-6H,7H2,1-3H3. The normalized spacial score (nSPS) is 10.7. The van der Waals surface area contributed by atoms with Crippen LogP contribution >= 0.6 is 43.2 Å². The number of ether oxygens (including phenoxy) is 1. The van der Waals surface area contributed by atoms with Gasteiger partial charge in [-0.05, 0) is 81.5 Å². The maximum Gasteiger partial charge on any atom is 0.202 e. The van der Waals surface area contributed by atoms with Crippen molar-refractivity contribution in [3.8, 4) is 5.75 Å². The second-order valence-corrected chi connectivity index (χ2v) is 8.40. The largest absolute Gasteiger partial charge is 0.485 e.